The number of amides is 1. The molecule has 1 aromatic carbocycles. The van der Waals surface area contributed by atoms with Crippen LogP contribution >= 0.6 is 0 Å². The number of nitrogens with zero attached hydrogens (tertiary/aromatic N) is 1. The molecule has 2 rings (SSSR count). The first-order chi connectivity index (χ1) is 9.61. The average molecular weight is 273 g/mol. The summed E-state index contributed by atoms with van der Waals surface area (Å²) in [5.74, 6) is 0.985. The molecule has 1 aliphatic rings. The average Bonchev–Trinajstić information content (AvgIpc) is 2.46. The lowest BCUT2D eigenvalue weighted by Crippen LogP contribution is -2.34. The molecule has 0 unspecified atom stereocenters. The van der Waals surface area contributed by atoms with E-state index in [4.69, 9.17) is 4.74 Å². The van der Waals surface area contributed by atoms with Gasteiger partial charge >= 0.3 is 0 Å². The first-order valence-electron chi connectivity index (χ1n) is 7.24. The Labute approximate surface area is 121 Å². The molecule has 0 bridgehead atoms. The molecule has 1 amide bonds. The molecule has 3 heteroatoms. The fraction of sp³-hybridized carbons (Fsp3) is 0.471. The van der Waals surface area contributed by atoms with Crippen molar-refractivity contribution in [2.75, 3.05) is 20.2 Å². The van der Waals surface area contributed by atoms with Crippen molar-refractivity contribution in [1.29, 1.82) is 0 Å². The third-order valence-electron chi connectivity index (χ3n) is 3.86. The van der Waals surface area contributed by atoms with Crippen LogP contribution in [0, 0.1) is 13.8 Å². The Kier molecular flexibility index (Phi) is 4.83. The number of methoxy groups -OCH3 is 1. The maximum absolute atomic E-state index is 12.1. The summed E-state index contributed by atoms with van der Waals surface area (Å²) in [6, 6.07) is 4.00. The van der Waals surface area contributed by atoms with Crippen molar-refractivity contribution in [3.05, 3.63) is 34.9 Å². The van der Waals surface area contributed by atoms with Gasteiger partial charge in [0.2, 0.25) is 5.91 Å². The molecule has 0 aromatic heterocycles. The van der Waals surface area contributed by atoms with Gasteiger partial charge < -0.3 is 9.64 Å². The zero-order valence-corrected chi connectivity index (χ0v) is 12.6. The summed E-state index contributed by atoms with van der Waals surface area (Å²) in [4.78, 5) is 14.1. The highest BCUT2D eigenvalue weighted by Gasteiger charge is 2.14. The highest BCUT2D eigenvalue weighted by atomic mass is 16.5. The lowest BCUT2D eigenvalue weighted by atomic mass is 10.0. The Morgan fingerprint density at radius 3 is 2.30 bits per heavy atom. The number of aryl methyl sites for hydroxylation is 2. The minimum Gasteiger partial charge on any atom is -0.497 e. The summed E-state index contributed by atoms with van der Waals surface area (Å²) in [5, 5.41) is 0. The van der Waals surface area contributed by atoms with E-state index in [2.05, 4.69) is 0 Å². The van der Waals surface area contributed by atoms with E-state index in [9.17, 15) is 4.79 Å². The molecule has 1 aliphatic heterocycles. The lowest BCUT2D eigenvalue weighted by Gasteiger charge is -2.25. The highest BCUT2D eigenvalue weighted by molar-refractivity contribution is 5.92. The van der Waals surface area contributed by atoms with Crippen LogP contribution in [-0.2, 0) is 4.79 Å². The van der Waals surface area contributed by atoms with E-state index in [-0.39, 0.29) is 5.91 Å². The van der Waals surface area contributed by atoms with E-state index in [0.717, 1.165) is 48.4 Å². The van der Waals surface area contributed by atoms with Crippen LogP contribution in [0.25, 0.3) is 6.08 Å². The molecule has 0 aliphatic carbocycles. The number of rotatable bonds is 3. The molecular weight excluding hydrogens is 250 g/mol. The standard InChI is InChI=1S/C17H23NO2/c1-13-11-15(20-3)12-14(2)16(13)7-8-17(19)18-9-5-4-6-10-18/h7-8,11-12H,4-6,9-10H2,1-3H3/b8-7+. The van der Waals surface area contributed by atoms with Gasteiger partial charge in [-0.1, -0.05) is 0 Å². The molecule has 1 saturated heterocycles. The second kappa shape index (κ2) is 6.60. The van der Waals surface area contributed by atoms with Crippen LogP contribution in [0.1, 0.15) is 36.0 Å². The van der Waals surface area contributed by atoms with E-state index in [1.165, 1.54) is 6.42 Å². The third kappa shape index (κ3) is 3.41. The molecule has 1 aromatic rings. The maximum atomic E-state index is 12.1. The number of hydrogen-bond acceptors (Lipinski definition) is 2. The Morgan fingerprint density at radius 1 is 1.15 bits per heavy atom. The summed E-state index contributed by atoms with van der Waals surface area (Å²) < 4.78 is 5.25. The van der Waals surface area contributed by atoms with E-state index in [1.807, 2.05) is 37.0 Å². The molecule has 0 spiro atoms. The molecule has 20 heavy (non-hydrogen) atoms. The van der Waals surface area contributed by atoms with Gasteiger partial charge in [0.15, 0.2) is 0 Å². The number of carbonyl (C=O) groups excluding carboxylic acids is 1. The predicted molar refractivity (Wildman–Crippen MR) is 81.9 cm³/mol. The zero-order chi connectivity index (χ0) is 14.5. The SMILES string of the molecule is COc1cc(C)c(/C=C/C(=O)N2CCCCC2)c(C)c1. The first-order valence-corrected chi connectivity index (χ1v) is 7.24. The van der Waals surface area contributed by atoms with Crippen molar-refractivity contribution in [2.24, 2.45) is 0 Å². The van der Waals surface area contributed by atoms with Gasteiger partial charge in [0.1, 0.15) is 5.75 Å². The smallest absolute Gasteiger partial charge is 0.246 e. The van der Waals surface area contributed by atoms with Crippen LogP contribution in [0.5, 0.6) is 5.75 Å². The van der Waals surface area contributed by atoms with Gasteiger partial charge in [-0.2, -0.15) is 0 Å². The zero-order valence-electron chi connectivity index (χ0n) is 12.6. The molecule has 0 atom stereocenters. The van der Waals surface area contributed by atoms with Crippen LogP contribution in [0.3, 0.4) is 0 Å². The summed E-state index contributed by atoms with van der Waals surface area (Å²) >= 11 is 0. The molecule has 0 N–H and O–H groups in total. The van der Waals surface area contributed by atoms with Gasteiger partial charge in [-0.15, -0.1) is 0 Å². The molecule has 108 valence electrons. The van der Waals surface area contributed by atoms with Gasteiger partial charge in [-0.25, -0.2) is 0 Å². The van der Waals surface area contributed by atoms with Crippen molar-refractivity contribution in [3.8, 4) is 5.75 Å². The van der Waals surface area contributed by atoms with E-state index in [0.29, 0.717) is 0 Å². The number of carbonyl (C=O) groups is 1. The van der Waals surface area contributed by atoms with E-state index < -0.39 is 0 Å². The van der Waals surface area contributed by atoms with E-state index >= 15 is 0 Å². The van der Waals surface area contributed by atoms with Crippen LogP contribution in [0.15, 0.2) is 18.2 Å². The van der Waals surface area contributed by atoms with Crippen LogP contribution in [-0.4, -0.2) is 31.0 Å². The number of ether oxygens (including phenoxy) is 1. The Bertz CT molecular complexity index is 491. The van der Waals surface area contributed by atoms with Gasteiger partial charge in [0.05, 0.1) is 7.11 Å². The second-order valence-electron chi connectivity index (χ2n) is 5.39. The Morgan fingerprint density at radius 2 is 1.75 bits per heavy atom. The molecule has 3 nitrogen and oxygen atoms in total. The van der Waals surface area contributed by atoms with Gasteiger partial charge in [-0.05, 0) is 68.0 Å². The van der Waals surface area contributed by atoms with Crippen molar-refractivity contribution < 1.29 is 9.53 Å². The number of benzene rings is 1. The van der Waals surface area contributed by atoms with Crippen LogP contribution in [0.4, 0.5) is 0 Å². The molecular formula is C17H23NO2. The summed E-state index contributed by atoms with van der Waals surface area (Å²) in [6.07, 6.45) is 7.12. The second-order valence-corrected chi connectivity index (χ2v) is 5.39. The quantitative estimate of drug-likeness (QED) is 0.791. The fourth-order valence-corrected chi connectivity index (χ4v) is 2.69. The lowest BCUT2D eigenvalue weighted by molar-refractivity contribution is -0.126. The summed E-state index contributed by atoms with van der Waals surface area (Å²) in [6.45, 7) is 5.87. The van der Waals surface area contributed by atoms with Crippen LogP contribution in [0.2, 0.25) is 0 Å². The number of hydrogen-bond donors (Lipinski definition) is 0. The normalized spacial score (nSPS) is 15.7. The van der Waals surface area contributed by atoms with E-state index in [1.54, 1.807) is 13.2 Å². The van der Waals surface area contributed by atoms with Crippen LogP contribution < -0.4 is 4.74 Å². The Hall–Kier alpha value is -1.77. The summed E-state index contributed by atoms with van der Waals surface area (Å²) in [7, 11) is 1.67. The number of piperidine rings is 1. The third-order valence-corrected chi connectivity index (χ3v) is 3.86. The fourth-order valence-electron chi connectivity index (χ4n) is 2.69. The first kappa shape index (κ1) is 14.6. The van der Waals surface area contributed by atoms with Gasteiger partial charge in [0, 0.05) is 19.2 Å². The monoisotopic (exact) mass is 273 g/mol. The predicted octanol–water partition coefficient (Wildman–Crippen LogP) is 3.34. The van der Waals surface area contributed by atoms with Gasteiger partial charge in [-0.3, -0.25) is 4.79 Å². The van der Waals surface area contributed by atoms with Crippen molar-refractivity contribution in [2.45, 2.75) is 33.1 Å². The van der Waals surface area contributed by atoms with Crippen molar-refractivity contribution >= 4 is 12.0 Å². The van der Waals surface area contributed by atoms with Crippen molar-refractivity contribution in [1.82, 2.24) is 4.90 Å². The largest absolute Gasteiger partial charge is 0.497 e. The summed E-state index contributed by atoms with van der Waals surface area (Å²) in [5.41, 5.74) is 3.37. The minimum absolute atomic E-state index is 0.124. The number of likely N-dealkylation sites (tertiary alicyclic amines) is 1. The Balaban J connectivity index is 2.12. The maximum Gasteiger partial charge on any atom is 0.246 e. The molecule has 0 saturated carbocycles. The molecule has 1 fully saturated rings. The minimum atomic E-state index is 0.124. The molecule has 0 radical (unpaired) electrons. The highest BCUT2D eigenvalue weighted by Crippen LogP contribution is 2.23. The molecule has 1 heterocycles. The van der Waals surface area contributed by atoms with Crippen molar-refractivity contribution in [3.63, 3.8) is 0 Å². The van der Waals surface area contributed by atoms with Gasteiger partial charge in [0.25, 0.3) is 0 Å². The topological polar surface area (TPSA) is 29.5 Å².